The van der Waals surface area contributed by atoms with Gasteiger partial charge in [0.15, 0.2) is 0 Å². The first kappa shape index (κ1) is 25.9. The molecule has 0 unspecified atom stereocenters. The predicted octanol–water partition coefficient (Wildman–Crippen LogP) is 6.21. The van der Waals surface area contributed by atoms with Gasteiger partial charge in [-0.2, -0.15) is 0 Å². The third kappa shape index (κ3) is 4.90. The van der Waals surface area contributed by atoms with Gasteiger partial charge < -0.3 is 16.0 Å². The van der Waals surface area contributed by atoms with Crippen LogP contribution in [0.3, 0.4) is 0 Å². The molecule has 38 heavy (non-hydrogen) atoms. The van der Waals surface area contributed by atoms with Gasteiger partial charge in [-0.25, -0.2) is 9.78 Å². The van der Waals surface area contributed by atoms with Crippen molar-refractivity contribution >= 4 is 50.6 Å². The molecule has 3 amide bonds. The third-order valence-corrected chi connectivity index (χ3v) is 8.25. The van der Waals surface area contributed by atoms with Gasteiger partial charge in [-0.1, -0.05) is 39.8 Å². The summed E-state index contributed by atoms with van der Waals surface area (Å²) in [4.78, 5) is 39.0. The van der Waals surface area contributed by atoms with Crippen LogP contribution in [0.2, 0.25) is 0 Å². The van der Waals surface area contributed by atoms with E-state index in [1.54, 1.807) is 23.4 Å². The lowest BCUT2D eigenvalue weighted by Crippen LogP contribution is -2.51. The topological polar surface area (TPSA) is 99.2 Å². The average Bonchev–Trinajstić information content (AvgIpc) is 3.25. The second-order valence-electron chi connectivity index (χ2n) is 10.5. The molecule has 4 heterocycles. The summed E-state index contributed by atoms with van der Waals surface area (Å²) in [5, 5.41) is 10.4. The molecule has 5 rings (SSSR count). The summed E-state index contributed by atoms with van der Waals surface area (Å²) >= 11 is 1.30. The van der Waals surface area contributed by atoms with E-state index in [0.717, 1.165) is 54.4 Å². The first-order valence-electron chi connectivity index (χ1n) is 13.1. The molecule has 0 radical (unpaired) electrons. The maximum atomic E-state index is 13.6. The SMILES string of the molecule is C=CC(=C)N[C@H]1CCCC[C@H]1NC(=O)c1sc2nccc3c2c1NC(=O)N3c1cnc(CC(C)C)cc1C. The van der Waals surface area contributed by atoms with Gasteiger partial charge in [-0.15, -0.1) is 11.3 Å². The quantitative estimate of drug-likeness (QED) is 0.301. The Balaban J connectivity index is 1.47. The van der Waals surface area contributed by atoms with Crippen LogP contribution >= 0.6 is 11.3 Å². The van der Waals surface area contributed by atoms with Gasteiger partial charge in [0.1, 0.15) is 9.71 Å². The summed E-state index contributed by atoms with van der Waals surface area (Å²) in [6.45, 7) is 14.1. The smallest absolute Gasteiger partial charge is 0.331 e. The molecule has 9 heteroatoms. The molecular weight excluding hydrogens is 496 g/mol. The van der Waals surface area contributed by atoms with Crippen molar-refractivity contribution in [3.8, 4) is 0 Å². The molecule has 198 valence electrons. The number of nitrogens with one attached hydrogen (secondary N) is 3. The van der Waals surface area contributed by atoms with Gasteiger partial charge in [-0.05, 0) is 55.9 Å². The van der Waals surface area contributed by atoms with Crippen molar-refractivity contribution in [2.45, 2.75) is 65.0 Å². The van der Waals surface area contributed by atoms with Gasteiger partial charge in [-0.3, -0.25) is 14.7 Å². The monoisotopic (exact) mass is 530 g/mol. The zero-order chi connectivity index (χ0) is 27.0. The number of nitrogens with zero attached hydrogens (tertiary/aromatic N) is 3. The predicted molar refractivity (Wildman–Crippen MR) is 154 cm³/mol. The third-order valence-electron chi connectivity index (χ3n) is 7.15. The molecule has 3 aromatic rings. The van der Waals surface area contributed by atoms with E-state index in [2.05, 4.69) is 52.9 Å². The molecule has 1 aliphatic carbocycles. The van der Waals surface area contributed by atoms with E-state index in [1.807, 2.05) is 19.1 Å². The largest absolute Gasteiger partial charge is 0.381 e. The van der Waals surface area contributed by atoms with Crippen LogP contribution in [0.1, 0.15) is 60.5 Å². The molecular formula is C29H34N6O2S. The number of hydrogen-bond donors (Lipinski definition) is 3. The van der Waals surface area contributed by atoms with Crippen molar-refractivity contribution in [3.63, 3.8) is 0 Å². The molecule has 2 atom stereocenters. The number of amides is 3. The van der Waals surface area contributed by atoms with Crippen LogP contribution in [-0.2, 0) is 6.42 Å². The summed E-state index contributed by atoms with van der Waals surface area (Å²) in [6, 6.07) is 3.57. The highest BCUT2D eigenvalue weighted by molar-refractivity contribution is 7.21. The van der Waals surface area contributed by atoms with E-state index < -0.39 is 0 Å². The highest BCUT2D eigenvalue weighted by Crippen LogP contribution is 2.46. The van der Waals surface area contributed by atoms with Crippen LogP contribution in [-0.4, -0.2) is 34.0 Å². The average molecular weight is 531 g/mol. The van der Waals surface area contributed by atoms with Crippen LogP contribution in [0.25, 0.3) is 10.2 Å². The Bertz CT molecular complexity index is 1430. The fourth-order valence-electron chi connectivity index (χ4n) is 5.36. The summed E-state index contributed by atoms with van der Waals surface area (Å²) in [6.07, 6.45) is 9.96. The van der Waals surface area contributed by atoms with Crippen molar-refractivity contribution in [1.29, 1.82) is 0 Å². The van der Waals surface area contributed by atoms with Crippen LogP contribution in [0, 0.1) is 12.8 Å². The Morgan fingerprint density at radius 2 is 1.97 bits per heavy atom. The zero-order valence-corrected chi connectivity index (χ0v) is 23.0. The zero-order valence-electron chi connectivity index (χ0n) is 22.1. The Labute approximate surface area is 227 Å². The maximum absolute atomic E-state index is 13.6. The molecule has 0 bridgehead atoms. The normalized spacial score (nSPS) is 18.8. The lowest BCUT2D eigenvalue weighted by Gasteiger charge is -2.33. The van der Waals surface area contributed by atoms with Crippen molar-refractivity contribution in [3.05, 3.63) is 65.6 Å². The Morgan fingerprint density at radius 1 is 1.24 bits per heavy atom. The minimum absolute atomic E-state index is 0.0494. The van der Waals surface area contributed by atoms with Gasteiger partial charge >= 0.3 is 6.03 Å². The second-order valence-corrected chi connectivity index (χ2v) is 11.5. The number of urea groups is 1. The van der Waals surface area contributed by atoms with Gasteiger partial charge in [0.05, 0.1) is 28.6 Å². The first-order chi connectivity index (χ1) is 18.3. The lowest BCUT2D eigenvalue weighted by atomic mass is 9.90. The Hall–Kier alpha value is -3.72. The molecule has 1 aliphatic heterocycles. The van der Waals surface area contributed by atoms with E-state index in [-0.39, 0.29) is 24.0 Å². The molecule has 3 aromatic heterocycles. The number of anilines is 3. The van der Waals surface area contributed by atoms with Gasteiger partial charge in [0, 0.05) is 29.7 Å². The summed E-state index contributed by atoms with van der Waals surface area (Å²) in [5.74, 6) is 0.283. The number of aryl methyl sites for hydroxylation is 1. The van der Waals surface area contributed by atoms with E-state index in [4.69, 9.17) is 0 Å². The van der Waals surface area contributed by atoms with Crippen molar-refractivity contribution < 1.29 is 9.59 Å². The van der Waals surface area contributed by atoms with Gasteiger partial charge in [0.25, 0.3) is 5.91 Å². The highest BCUT2D eigenvalue weighted by Gasteiger charge is 2.35. The number of rotatable bonds is 8. The van der Waals surface area contributed by atoms with Crippen molar-refractivity contribution in [2.75, 3.05) is 10.2 Å². The van der Waals surface area contributed by atoms with E-state index >= 15 is 0 Å². The fraction of sp³-hybridized carbons (Fsp3) is 0.379. The molecule has 1 fully saturated rings. The van der Waals surface area contributed by atoms with Crippen LogP contribution < -0.4 is 20.9 Å². The Kier molecular flexibility index (Phi) is 7.21. The summed E-state index contributed by atoms with van der Waals surface area (Å²) in [7, 11) is 0. The van der Waals surface area contributed by atoms with Crippen molar-refractivity contribution in [2.24, 2.45) is 5.92 Å². The second kappa shape index (κ2) is 10.6. The summed E-state index contributed by atoms with van der Waals surface area (Å²) < 4.78 is 0. The highest BCUT2D eigenvalue weighted by atomic mass is 32.1. The van der Waals surface area contributed by atoms with E-state index in [0.29, 0.717) is 32.7 Å². The standard InChI is InChI=1S/C29H34N6O2S/c1-6-18(5)32-20-9-7-8-10-21(20)33-27(36)26-25-24-22(11-12-30-28(24)38-26)35(29(37)34-25)23-15-31-19(13-16(2)3)14-17(23)4/h6,11-12,14-16,20-21,32H,1,5,7-10,13H2,2-4H3,(H,33,36)(H,34,37)/t20-,21+/m0/s1. The van der Waals surface area contributed by atoms with Crippen LogP contribution in [0.5, 0.6) is 0 Å². The minimum Gasteiger partial charge on any atom is -0.381 e. The molecule has 8 nitrogen and oxygen atoms in total. The molecule has 2 aliphatic rings. The number of hydrogen-bond acceptors (Lipinski definition) is 6. The number of pyridine rings is 2. The molecule has 3 N–H and O–H groups in total. The lowest BCUT2D eigenvalue weighted by molar-refractivity contribution is 0.0922. The first-order valence-corrected chi connectivity index (χ1v) is 13.9. The minimum atomic E-state index is -0.321. The Morgan fingerprint density at radius 3 is 2.66 bits per heavy atom. The van der Waals surface area contributed by atoms with E-state index in [1.165, 1.54) is 11.3 Å². The number of carbonyl (C=O) groups is 2. The fourth-order valence-corrected chi connectivity index (χ4v) is 6.38. The number of allylic oxidation sites excluding steroid dienone is 1. The number of aromatic nitrogens is 2. The number of carbonyl (C=O) groups excluding carboxylic acids is 2. The van der Waals surface area contributed by atoms with Crippen molar-refractivity contribution in [1.82, 2.24) is 20.6 Å². The molecule has 0 saturated heterocycles. The van der Waals surface area contributed by atoms with Crippen LogP contribution in [0.15, 0.2) is 49.5 Å². The molecule has 1 saturated carbocycles. The molecule has 0 aromatic carbocycles. The summed E-state index contributed by atoms with van der Waals surface area (Å²) in [5.41, 5.74) is 4.64. The number of thiophene rings is 1. The van der Waals surface area contributed by atoms with Gasteiger partial charge in [0.2, 0.25) is 0 Å². The maximum Gasteiger partial charge on any atom is 0.331 e. The van der Waals surface area contributed by atoms with Crippen LogP contribution in [0.4, 0.5) is 21.9 Å². The van der Waals surface area contributed by atoms with E-state index in [9.17, 15) is 9.59 Å². The molecule has 0 spiro atoms.